The number of nitrogens with one attached hydrogen (secondary N) is 1. The standard InChI is InChI=1S/C22H26ClN3O5S/c1-30-21-6-5-17(23)14-20(21)25-8-7-18(15-25)24-22(27)16-3-2-4-19(13-16)32(28,29)26-9-11-31-12-10-26/h2-6,13-14,18H,7-12,15H2,1H3,(H,24,27). The number of anilines is 1. The van der Waals surface area contributed by atoms with Crippen molar-refractivity contribution in [2.45, 2.75) is 17.4 Å². The molecule has 0 saturated carbocycles. The predicted octanol–water partition coefficient (Wildman–Crippen LogP) is 2.38. The van der Waals surface area contributed by atoms with E-state index in [1.165, 1.54) is 16.4 Å². The van der Waals surface area contributed by atoms with E-state index >= 15 is 0 Å². The number of carbonyl (C=O) groups is 1. The summed E-state index contributed by atoms with van der Waals surface area (Å²) in [6.45, 7) is 2.71. The molecule has 32 heavy (non-hydrogen) atoms. The maximum absolute atomic E-state index is 12.9. The van der Waals surface area contributed by atoms with E-state index in [1.807, 2.05) is 12.1 Å². The van der Waals surface area contributed by atoms with Crippen molar-refractivity contribution in [2.75, 3.05) is 51.4 Å². The molecule has 2 aliphatic heterocycles. The first kappa shape index (κ1) is 22.8. The minimum Gasteiger partial charge on any atom is -0.495 e. The van der Waals surface area contributed by atoms with Gasteiger partial charge in [-0.3, -0.25) is 4.79 Å². The maximum atomic E-state index is 12.9. The summed E-state index contributed by atoms with van der Waals surface area (Å²) in [5.41, 5.74) is 1.20. The Morgan fingerprint density at radius 2 is 1.94 bits per heavy atom. The van der Waals surface area contributed by atoms with Gasteiger partial charge in [0.05, 0.1) is 30.9 Å². The lowest BCUT2D eigenvalue weighted by Gasteiger charge is -2.26. The number of hydrogen-bond donors (Lipinski definition) is 1. The topological polar surface area (TPSA) is 88.2 Å². The van der Waals surface area contributed by atoms with Gasteiger partial charge in [0.15, 0.2) is 0 Å². The summed E-state index contributed by atoms with van der Waals surface area (Å²) in [4.78, 5) is 15.1. The third-order valence-corrected chi connectivity index (χ3v) is 7.84. The lowest BCUT2D eigenvalue weighted by atomic mass is 10.2. The van der Waals surface area contributed by atoms with Gasteiger partial charge in [-0.05, 0) is 42.8 Å². The zero-order chi connectivity index (χ0) is 22.7. The van der Waals surface area contributed by atoms with Crippen molar-refractivity contribution in [1.82, 2.24) is 9.62 Å². The van der Waals surface area contributed by atoms with E-state index in [1.54, 1.807) is 25.3 Å². The molecule has 0 aliphatic carbocycles. The monoisotopic (exact) mass is 479 g/mol. The molecule has 10 heteroatoms. The molecule has 1 amide bonds. The smallest absolute Gasteiger partial charge is 0.251 e. The first-order chi connectivity index (χ1) is 15.4. The predicted molar refractivity (Wildman–Crippen MR) is 122 cm³/mol. The normalized spacial score (nSPS) is 19.7. The summed E-state index contributed by atoms with van der Waals surface area (Å²) in [7, 11) is -2.05. The maximum Gasteiger partial charge on any atom is 0.251 e. The average molecular weight is 480 g/mol. The second-order valence-corrected chi connectivity index (χ2v) is 10.1. The highest BCUT2D eigenvalue weighted by Crippen LogP contribution is 2.33. The number of rotatable bonds is 6. The van der Waals surface area contributed by atoms with E-state index in [4.69, 9.17) is 21.1 Å². The van der Waals surface area contributed by atoms with Crippen LogP contribution in [0, 0.1) is 0 Å². The Kier molecular flexibility index (Phi) is 6.90. The molecule has 0 radical (unpaired) electrons. The molecule has 2 saturated heterocycles. The van der Waals surface area contributed by atoms with Crippen molar-refractivity contribution in [3.8, 4) is 5.75 Å². The van der Waals surface area contributed by atoms with Gasteiger partial charge in [-0.2, -0.15) is 4.31 Å². The van der Waals surface area contributed by atoms with Crippen molar-refractivity contribution in [2.24, 2.45) is 0 Å². The van der Waals surface area contributed by atoms with Crippen LogP contribution in [0.1, 0.15) is 16.8 Å². The summed E-state index contributed by atoms with van der Waals surface area (Å²) in [6, 6.07) is 11.6. The van der Waals surface area contributed by atoms with Gasteiger partial charge in [0, 0.05) is 42.8 Å². The number of morpholine rings is 1. The van der Waals surface area contributed by atoms with Crippen molar-refractivity contribution < 1.29 is 22.7 Å². The highest BCUT2D eigenvalue weighted by molar-refractivity contribution is 7.89. The molecule has 8 nitrogen and oxygen atoms in total. The zero-order valence-electron chi connectivity index (χ0n) is 17.8. The van der Waals surface area contributed by atoms with Crippen LogP contribution >= 0.6 is 11.6 Å². The van der Waals surface area contributed by atoms with Gasteiger partial charge in [0.1, 0.15) is 5.75 Å². The van der Waals surface area contributed by atoms with E-state index < -0.39 is 10.0 Å². The molecule has 2 aromatic rings. The Morgan fingerprint density at radius 1 is 1.16 bits per heavy atom. The molecule has 1 N–H and O–H groups in total. The first-order valence-corrected chi connectivity index (χ1v) is 12.3. The molecule has 2 aliphatic rings. The summed E-state index contributed by atoms with van der Waals surface area (Å²) < 4.78 is 37.9. The van der Waals surface area contributed by atoms with Gasteiger partial charge >= 0.3 is 0 Å². The highest BCUT2D eigenvalue weighted by Gasteiger charge is 2.29. The SMILES string of the molecule is COc1ccc(Cl)cc1N1CCC(NC(=O)c2cccc(S(=O)(=O)N3CCOCC3)c2)C1. The largest absolute Gasteiger partial charge is 0.495 e. The average Bonchev–Trinajstić information content (AvgIpc) is 3.28. The number of benzene rings is 2. The van der Waals surface area contributed by atoms with Crippen molar-refractivity contribution >= 4 is 33.2 Å². The summed E-state index contributed by atoms with van der Waals surface area (Å²) >= 11 is 6.15. The van der Waals surface area contributed by atoms with Crippen molar-refractivity contribution in [3.05, 3.63) is 53.1 Å². The van der Waals surface area contributed by atoms with Gasteiger partial charge in [-0.15, -0.1) is 0 Å². The minimum atomic E-state index is -3.66. The van der Waals surface area contributed by atoms with Crippen LogP contribution < -0.4 is 15.0 Å². The lowest BCUT2D eigenvalue weighted by Crippen LogP contribution is -2.40. The van der Waals surface area contributed by atoms with Crippen LogP contribution in [0.5, 0.6) is 5.75 Å². The minimum absolute atomic E-state index is 0.0781. The van der Waals surface area contributed by atoms with Crippen LogP contribution in [-0.4, -0.2) is 71.2 Å². The van der Waals surface area contributed by atoms with Gasteiger partial charge in [-0.1, -0.05) is 17.7 Å². The molecule has 0 aromatic heterocycles. The van der Waals surface area contributed by atoms with E-state index in [-0.39, 0.29) is 16.8 Å². The van der Waals surface area contributed by atoms with Crippen molar-refractivity contribution in [3.63, 3.8) is 0 Å². The Hall–Kier alpha value is -2.33. The molecule has 0 spiro atoms. The summed E-state index contributed by atoms with van der Waals surface area (Å²) in [6.07, 6.45) is 0.757. The van der Waals surface area contributed by atoms with E-state index in [2.05, 4.69) is 10.2 Å². The van der Waals surface area contributed by atoms with Crippen LogP contribution in [-0.2, 0) is 14.8 Å². The molecule has 1 atom stereocenters. The quantitative estimate of drug-likeness (QED) is 0.684. The Morgan fingerprint density at radius 3 is 2.69 bits per heavy atom. The van der Waals surface area contributed by atoms with E-state index in [0.717, 1.165) is 24.4 Å². The number of carbonyl (C=O) groups excluding carboxylic acids is 1. The number of halogens is 1. The molecular formula is C22H26ClN3O5S. The first-order valence-electron chi connectivity index (χ1n) is 10.5. The van der Waals surface area contributed by atoms with Gasteiger partial charge in [-0.25, -0.2) is 8.42 Å². The fourth-order valence-corrected chi connectivity index (χ4v) is 5.63. The van der Waals surface area contributed by atoms with Crippen molar-refractivity contribution in [1.29, 1.82) is 0 Å². The second kappa shape index (κ2) is 9.66. The van der Waals surface area contributed by atoms with Crippen LogP contribution in [0.4, 0.5) is 5.69 Å². The number of hydrogen-bond acceptors (Lipinski definition) is 6. The van der Waals surface area contributed by atoms with Crippen LogP contribution in [0.2, 0.25) is 5.02 Å². The number of sulfonamides is 1. The second-order valence-electron chi connectivity index (χ2n) is 7.77. The van der Waals surface area contributed by atoms with E-state index in [0.29, 0.717) is 43.4 Å². The molecular weight excluding hydrogens is 454 g/mol. The van der Waals surface area contributed by atoms with Gasteiger partial charge in [0.2, 0.25) is 10.0 Å². The van der Waals surface area contributed by atoms with Crippen LogP contribution in [0.15, 0.2) is 47.4 Å². The summed E-state index contributed by atoms with van der Waals surface area (Å²) in [5.74, 6) is 0.427. The lowest BCUT2D eigenvalue weighted by molar-refractivity contribution is 0.0730. The molecule has 0 bridgehead atoms. The highest BCUT2D eigenvalue weighted by atomic mass is 35.5. The van der Waals surface area contributed by atoms with E-state index in [9.17, 15) is 13.2 Å². The number of ether oxygens (including phenoxy) is 2. The molecule has 1 unspecified atom stereocenters. The van der Waals surface area contributed by atoms with Crippen LogP contribution in [0.3, 0.4) is 0 Å². The third-order valence-electron chi connectivity index (χ3n) is 5.71. The molecule has 2 fully saturated rings. The fraction of sp³-hybridized carbons (Fsp3) is 0.409. The third kappa shape index (κ3) is 4.85. The Labute approximate surface area is 193 Å². The molecule has 172 valence electrons. The fourth-order valence-electron chi connectivity index (χ4n) is 4.01. The van der Waals surface area contributed by atoms with Gasteiger partial charge < -0.3 is 19.7 Å². The summed E-state index contributed by atoms with van der Waals surface area (Å²) in [5, 5.41) is 3.64. The number of methoxy groups -OCH3 is 1. The number of nitrogens with zero attached hydrogens (tertiary/aromatic N) is 2. The van der Waals surface area contributed by atoms with Crippen LogP contribution in [0.25, 0.3) is 0 Å². The van der Waals surface area contributed by atoms with Gasteiger partial charge in [0.25, 0.3) is 5.91 Å². The molecule has 4 rings (SSSR count). The molecule has 2 aromatic carbocycles. The molecule has 2 heterocycles. The Balaban J connectivity index is 1.44. The number of amides is 1. The zero-order valence-corrected chi connectivity index (χ0v) is 19.4. The Bertz CT molecular complexity index is 1090.